The van der Waals surface area contributed by atoms with Crippen molar-refractivity contribution in [3.63, 3.8) is 0 Å². The Morgan fingerprint density at radius 3 is 2.18 bits per heavy atom. The zero-order valence-electron chi connectivity index (χ0n) is 12.7. The number of aryl methyl sites for hydroxylation is 2. The molecule has 6 heteroatoms. The van der Waals surface area contributed by atoms with Crippen LogP contribution in [-0.4, -0.2) is 25.9 Å². The van der Waals surface area contributed by atoms with Crippen molar-refractivity contribution in [2.24, 2.45) is 5.92 Å². The molecule has 0 bridgehead atoms. The second-order valence-electron chi connectivity index (χ2n) is 6.08. The number of hydrogen-bond donors (Lipinski definition) is 0. The molecule has 1 aromatic carbocycles. The van der Waals surface area contributed by atoms with Crippen molar-refractivity contribution in [1.82, 2.24) is 0 Å². The van der Waals surface area contributed by atoms with Gasteiger partial charge in [-0.05, 0) is 37.8 Å². The van der Waals surface area contributed by atoms with Crippen molar-refractivity contribution in [2.45, 2.75) is 50.3 Å². The fourth-order valence-electron chi connectivity index (χ4n) is 3.03. The Hall–Kier alpha value is -1.30. The summed E-state index contributed by atoms with van der Waals surface area (Å²) < 4.78 is 51.2. The van der Waals surface area contributed by atoms with E-state index in [4.69, 9.17) is 0 Å². The molecule has 1 aromatic rings. The molecule has 122 valence electrons. The minimum Gasteiger partial charge on any atom is -0.298 e. The standard InChI is InChI=1S/C16H20F2O3S/c1-11-4-3-5-12(2)15(11)22(20,21)10-14(19)13-6-8-16(17,18)9-7-13/h3-5,13H,6-10H2,1-2H3. The van der Waals surface area contributed by atoms with Crippen LogP contribution < -0.4 is 0 Å². The Bertz CT molecular complexity index is 650. The molecule has 2 rings (SSSR count). The number of alkyl halides is 2. The first-order valence-corrected chi connectivity index (χ1v) is 8.97. The number of rotatable bonds is 4. The molecule has 0 heterocycles. The van der Waals surface area contributed by atoms with E-state index < -0.39 is 33.2 Å². The smallest absolute Gasteiger partial charge is 0.248 e. The minimum absolute atomic E-state index is 0.0636. The highest BCUT2D eigenvalue weighted by Crippen LogP contribution is 2.36. The highest BCUT2D eigenvalue weighted by molar-refractivity contribution is 7.92. The van der Waals surface area contributed by atoms with Gasteiger partial charge in [-0.2, -0.15) is 0 Å². The van der Waals surface area contributed by atoms with Crippen molar-refractivity contribution in [3.05, 3.63) is 29.3 Å². The van der Waals surface area contributed by atoms with Gasteiger partial charge in [0.25, 0.3) is 0 Å². The quantitative estimate of drug-likeness (QED) is 0.849. The van der Waals surface area contributed by atoms with Crippen LogP contribution in [0.15, 0.2) is 23.1 Å². The van der Waals surface area contributed by atoms with Crippen LogP contribution in [-0.2, 0) is 14.6 Å². The number of benzene rings is 1. The lowest BCUT2D eigenvalue weighted by atomic mass is 9.84. The zero-order chi connectivity index (χ0) is 16.5. The van der Waals surface area contributed by atoms with Crippen molar-refractivity contribution in [1.29, 1.82) is 0 Å². The fourth-order valence-corrected chi connectivity index (χ4v) is 4.90. The number of Topliss-reactive ketones (excluding diaryl/α,β-unsaturated/α-hetero) is 1. The first-order chi connectivity index (χ1) is 10.1. The van der Waals surface area contributed by atoms with Gasteiger partial charge in [-0.1, -0.05) is 18.2 Å². The van der Waals surface area contributed by atoms with Gasteiger partial charge < -0.3 is 0 Å². The Morgan fingerprint density at radius 2 is 1.68 bits per heavy atom. The lowest BCUT2D eigenvalue weighted by Gasteiger charge is -2.27. The summed E-state index contributed by atoms with van der Waals surface area (Å²) in [5.74, 6) is -4.34. The van der Waals surface area contributed by atoms with Crippen LogP contribution >= 0.6 is 0 Å². The summed E-state index contributed by atoms with van der Waals surface area (Å²) in [5, 5.41) is 0. The lowest BCUT2D eigenvalue weighted by Crippen LogP contribution is -2.32. The molecule has 22 heavy (non-hydrogen) atoms. The Kier molecular flexibility index (Phi) is 4.70. The summed E-state index contributed by atoms with van der Waals surface area (Å²) in [7, 11) is -3.74. The van der Waals surface area contributed by atoms with Crippen LogP contribution in [0.3, 0.4) is 0 Å². The molecular weight excluding hydrogens is 310 g/mol. The summed E-state index contributed by atoms with van der Waals surface area (Å²) >= 11 is 0. The number of carbonyl (C=O) groups is 1. The number of sulfone groups is 1. The van der Waals surface area contributed by atoms with Gasteiger partial charge in [-0.15, -0.1) is 0 Å². The number of carbonyl (C=O) groups excluding carboxylic acids is 1. The summed E-state index contributed by atoms with van der Waals surface area (Å²) in [6.45, 7) is 3.37. The van der Waals surface area contributed by atoms with E-state index in [-0.39, 0.29) is 30.6 Å². The van der Waals surface area contributed by atoms with E-state index in [0.717, 1.165) is 0 Å². The van der Waals surface area contributed by atoms with Gasteiger partial charge in [0.05, 0.1) is 4.90 Å². The van der Waals surface area contributed by atoms with Crippen LogP contribution in [0, 0.1) is 19.8 Å². The van der Waals surface area contributed by atoms with E-state index in [2.05, 4.69) is 0 Å². The van der Waals surface area contributed by atoms with Crippen molar-refractivity contribution < 1.29 is 22.0 Å². The summed E-state index contributed by atoms with van der Waals surface area (Å²) in [5.41, 5.74) is 1.20. The van der Waals surface area contributed by atoms with Gasteiger partial charge in [0.15, 0.2) is 15.6 Å². The third-order valence-corrected chi connectivity index (χ3v) is 6.16. The third-order valence-electron chi connectivity index (χ3n) is 4.22. The van der Waals surface area contributed by atoms with Crippen LogP contribution in [0.4, 0.5) is 8.78 Å². The third kappa shape index (κ3) is 3.72. The largest absolute Gasteiger partial charge is 0.298 e. The maximum atomic E-state index is 13.1. The zero-order valence-corrected chi connectivity index (χ0v) is 13.6. The van der Waals surface area contributed by atoms with Gasteiger partial charge in [0.2, 0.25) is 5.92 Å². The second-order valence-corrected chi connectivity index (χ2v) is 8.00. The Labute approximate surface area is 129 Å². The van der Waals surface area contributed by atoms with Gasteiger partial charge in [-0.3, -0.25) is 4.79 Å². The molecule has 1 aliphatic rings. The maximum Gasteiger partial charge on any atom is 0.248 e. The van der Waals surface area contributed by atoms with E-state index in [1.165, 1.54) is 0 Å². The maximum absolute atomic E-state index is 13.1. The van der Waals surface area contributed by atoms with Crippen LogP contribution in [0.2, 0.25) is 0 Å². The van der Waals surface area contributed by atoms with Crippen molar-refractivity contribution in [3.8, 4) is 0 Å². The fraction of sp³-hybridized carbons (Fsp3) is 0.562. The van der Waals surface area contributed by atoms with E-state index in [0.29, 0.717) is 11.1 Å². The van der Waals surface area contributed by atoms with Gasteiger partial charge in [0.1, 0.15) is 5.75 Å². The highest BCUT2D eigenvalue weighted by Gasteiger charge is 2.38. The Morgan fingerprint density at radius 1 is 1.18 bits per heavy atom. The van der Waals surface area contributed by atoms with Crippen LogP contribution in [0.5, 0.6) is 0 Å². The van der Waals surface area contributed by atoms with Gasteiger partial charge >= 0.3 is 0 Å². The first-order valence-electron chi connectivity index (χ1n) is 7.32. The van der Waals surface area contributed by atoms with Crippen molar-refractivity contribution >= 4 is 15.6 Å². The SMILES string of the molecule is Cc1cccc(C)c1S(=O)(=O)CC(=O)C1CCC(F)(F)CC1. The monoisotopic (exact) mass is 330 g/mol. The minimum atomic E-state index is -3.74. The molecule has 3 nitrogen and oxygen atoms in total. The average molecular weight is 330 g/mol. The molecule has 0 unspecified atom stereocenters. The molecule has 0 aliphatic heterocycles. The Balaban J connectivity index is 2.14. The predicted molar refractivity (Wildman–Crippen MR) is 79.9 cm³/mol. The van der Waals surface area contributed by atoms with Crippen molar-refractivity contribution in [2.75, 3.05) is 5.75 Å². The molecule has 1 aliphatic carbocycles. The summed E-state index contributed by atoms with van der Waals surface area (Å²) in [6, 6.07) is 5.13. The molecule has 1 saturated carbocycles. The number of hydrogen-bond acceptors (Lipinski definition) is 3. The van der Waals surface area contributed by atoms with Gasteiger partial charge in [0, 0.05) is 18.8 Å². The second kappa shape index (κ2) is 6.07. The van der Waals surface area contributed by atoms with E-state index >= 15 is 0 Å². The van der Waals surface area contributed by atoms with Gasteiger partial charge in [-0.25, -0.2) is 17.2 Å². The molecule has 1 fully saturated rings. The highest BCUT2D eigenvalue weighted by atomic mass is 32.2. The molecule has 0 aromatic heterocycles. The van der Waals surface area contributed by atoms with E-state index in [1.54, 1.807) is 32.0 Å². The number of halogens is 2. The van der Waals surface area contributed by atoms with Crippen LogP contribution in [0.1, 0.15) is 36.8 Å². The normalized spacial score (nSPS) is 19.1. The first kappa shape index (κ1) is 17.1. The summed E-state index contributed by atoms with van der Waals surface area (Å²) in [4.78, 5) is 12.4. The molecule has 0 N–H and O–H groups in total. The predicted octanol–water partition coefficient (Wildman–Crippen LogP) is 3.47. The molecule has 0 saturated heterocycles. The molecule has 0 spiro atoms. The summed E-state index contributed by atoms with van der Waals surface area (Å²) in [6.07, 6.45) is -0.554. The molecule has 0 atom stereocenters. The van der Waals surface area contributed by atoms with E-state index in [1.807, 2.05) is 0 Å². The molecular formula is C16H20F2O3S. The number of ketones is 1. The topological polar surface area (TPSA) is 51.2 Å². The van der Waals surface area contributed by atoms with Crippen LogP contribution in [0.25, 0.3) is 0 Å². The average Bonchev–Trinajstić information content (AvgIpc) is 2.37. The van der Waals surface area contributed by atoms with E-state index in [9.17, 15) is 22.0 Å². The molecule has 0 amide bonds. The molecule has 0 radical (unpaired) electrons. The lowest BCUT2D eigenvalue weighted by molar-refractivity contribution is -0.124.